The molecule has 0 saturated carbocycles. The molecule has 1 aliphatic heterocycles. The van der Waals surface area contributed by atoms with Gasteiger partial charge in [-0.05, 0) is 24.0 Å². The van der Waals surface area contributed by atoms with E-state index in [9.17, 15) is 4.79 Å². The first-order valence-electron chi connectivity index (χ1n) is 6.81. The monoisotopic (exact) mass is 266 g/mol. The van der Waals surface area contributed by atoms with E-state index in [2.05, 4.69) is 39.5 Å². The molecule has 1 atom stereocenters. The summed E-state index contributed by atoms with van der Waals surface area (Å²) in [6.45, 7) is 6.48. The molecule has 0 bridgehead atoms. The molecule has 1 aliphatic rings. The Bertz CT molecular complexity index is 430. The van der Waals surface area contributed by atoms with E-state index >= 15 is 0 Å². The number of carbonyl (C=O) groups is 1. The van der Waals surface area contributed by atoms with Crippen molar-refractivity contribution in [3.63, 3.8) is 0 Å². The van der Waals surface area contributed by atoms with E-state index in [1.807, 2.05) is 0 Å². The molecule has 1 aromatic rings. The van der Waals surface area contributed by atoms with Crippen LogP contribution in [0.5, 0.6) is 0 Å². The second kappa shape index (κ2) is 6.10. The normalized spacial score (nSPS) is 21.5. The molecule has 7 nitrogen and oxygen atoms in total. The summed E-state index contributed by atoms with van der Waals surface area (Å²) in [4.78, 5) is 15.8. The second-order valence-electron chi connectivity index (χ2n) is 5.46. The lowest BCUT2D eigenvalue weighted by atomic mass is 10.0. The van der Waals surface area contributed by atoms with Crippen molar-refractivity contribution in [1.82, 2.24) is 30.4 Å². The van der Waals surface area contributed by atoms with Gasteiger partial charge in [0.15, 0.2) is 5.82 Å². The summed E-state index contributed by atoms with van der Waals surface area (Å²) >= 11 is 0. The van der Waals surface area contributed by atoms with Crippen LogP contribution in [0.4, 0.5) is 0 Å². The van der Waals surface area contributed by atoms with Crippen LogP contribution in [-0.4, -0.2) is 50.1 Å². The Labute approximate surface area is 113 Å². The largest absolute Gasteiger partial charge is 0.355 e. The molecule has 1 unspecified atom stereocenters. The number of aryl methyl sites for hydroxylation is 1. The fourth-order valence-corrected chi connectivity index (χ4v) is 2.39. The number of nitrogens with zero attached hydrogens (tertiary/aromatic N) is 5. The van der Waals surface area contributed by atoms with Crippen LogP contribution in [0.3, 0.4) is 0 Å². The van der Waals surface area contributed by atoms with E-state index in [0.717, 1.165) is 25.9 Å². The van der Waals surface area contributed by atoms with Gasteiger partial charge in [-0.25, -0.2) is 0 Å². The van der Waals surface area contributed by atoms with Gasteiger partial charge in [-0.1, -0.05) is 13.8 Å². The molecule has 2 rings (SSSR count). The summed E-state index contributed by atoms with van der Waals surface area (Å²) in [5.41, 5.74) is 0. The standard InChI is InChI=1S/C12H22N6O/c1-9(2)7-10-12(19)13-5-4-6-18(10)8-11-14-16-17(3)15-11/h9-10H,4-8H2,1-3H3,(H,13,19). The predicted octanol–water partition coefficient (Wildman–Crippen LogP) is -0.0533. The van der Waals surface area contributed by atoms with Crippen LogP contribution in [0.25, 0.3) is 0 Å². The predicted molar refractivity (Wildman–Crippen MR) is 70.1 cm³/mol. The number of nitrogens with one attached hydrogen (secondary N) is 1. The highest BCUT2D eigenvalue weighted by Gasteiger charge is 2.29. The summed E-state index contributed by atoms with van der Waals surface area (Å²) in [6.07, 6.45) is 1.81. The van der Waals surface area contributed by atoms with Crippen molar-refractivity contribution in [1.29, 1.82) is 0 Å². The van der Waals surface area contributed by atoms with Crippen LogP contribution >= 0.6 is 0 Å². The molecule has 19 heavy (non-hydrogen) atoms. The molecule has 0 aromatic carbocycles. The number of amides is 1. The third-order valence-corrected chi connectivity index (χ3v) is 3.25. The zero-order chi connectivity index (χ0) is 13.8. The van der Waals surface area contributed by atoms with Crippen molar-refractivity contribution in [3.8, 4) is 0 Å². The maximum Gasteiger partial charge on any atom is 0.237 e. The molecule has 1 N–H and O–H groups in total. The number of rotatable bonds is 4. The smallest absolute Gasteiger partial charge is 0.237 e. The number of tetrazole rings is 1. The first-order valence-corrected chi connectivity index (χ1v) is 6.81. The average molecular weight is 266 g/mol. The molecule has 0 radical (unpaired) electrons. The van der Waals surface area contributed by atoms with Gasteiger partial charge in [0.25, 0.3) is 0 Å². The van der Waals surface area contributed by atoms with Crippen molar-refractivity contribution in [2.45, 2.75) is 39.3 Å². The van der Waals surface area contributed by atoms with Crippen molar-refractivity contribution < 1.29 is 4.79 Å². The quantitative estimate of drug-likeness (QED) is 0.826. The van der Waals surface area contributed by atoms with Gasteiger partial charge >= 0.3 is 0 Å². The van der Waals surface area contributed by atoms with Gasteiger partial charge in [0.2, 0.25) is 5.91 Å². The number of hydrogen-bond donors (Lipinski definition) is 1. The lowest BCUT2D eigenvalue weighted by Crippen LogP contribution is -2.44. The van der Waals surface area contributed by atoms with Gasteiger partial charge < -0.3 is 5.32 Å². The zero-order valence-electron chi connectivity index (χ0n) is 11.8. The molecule has 0 spiro atoms. The van der Waals surface area contributed by atoms with Crippen LogP contribution in [0, 0.1) is 5.92 Å². The van der Waals surface area contributed by atoms with E-state index in [-0.39, 0.29) is 11.9 Å². The zero-order valence-corrected chi connectivity index (χ0v) is 11.8. The van der Waals surface area contributed by atoms with E-state index in [0.29, 0.717) is 18.3 Å². The molecule has 106 valence electrons. The van der Waals surface area contributed by atoms with Crippen LogP contribution < -0.4 is 5.32 Å². The Kier molecular flexibility index (Phi) is 4.47. The van der Waals surface area contributed by atoms with E-state index < -0.39 is 0 Å². The highest BCUT2D eigenvalue weighted by atomic mass is 16.2. The number of carbonyl (C=O) groups excluding carboxylic acids is 1. The lowest BCUT2D eigenvalue weighted by molar-refractivity contribution is -0.126. The van der Waals surface area contributed by atoms with Gasteiger partial charge in [0.1, 0.15) is 0 Å². The van der Waals surface area contributed by atoms with Crippen LogP contribution in [0.2, 0.25) is 0 Å². The van der Waals surface area contributed by atoms with Crippen molar-refractivity contribution >= 4 is 5.91 Å². The summed E-state index contributed by atoms with van der Waals surface area (Å²) in [5, 5.41) is 15.0. The molecular weight excluding hydrogens is 244 g/mol. The third-order valence-electron chi connectivity index (χ3n) is 3.25. The fraction of sp³-hybridized carbons (Fsp3) is 0.833. The summed E-state index contributed by atoms with van der Waals surface area (Å²) in [7, 11) is 1.75. The molecule has 2 heterocycles. The Morgan fingerprint density at radius 3 is 2.89 bits per heavy atom. The Morgan fingerprint density at radius 1 is 1.47 bits per heavy atom. The molecule has 1 aromatic heterocycles. The maximum absolute atomic E-state index is 12.1. The van der Waals surface area contributed by atoms with E-state index in [1.165, 1.54) is 4.80 Å². The van der Waals surface area contributed by atoms with Gasteiger partial charge in [-0.2, -0.15) is 4.80 Å². The molecule has 1 amide bonds. The summed E-state index contributed by atoms with van der Waals surface area (Å²) in [6, 6.07) is -0.0914. The van der Waals surface area contributed by atoms with Crippen molar-refractivity contribution in [2.24, 2.45) is 13.0 Å². The van der Waals surface area contributed by atoms with Gasteiger partial charge in [0.05, 0.1) is 19.6 Å². The van der Waals surface area contributed by atoms with Crippen LogP contribution in [-0.2, 0) is 18.4 Å². The SMILES string of the molecule is CC(C)CC1C(=O)NCCCN1Cc1nnn(C)n1. The third kappa shape index (κ3) is 3.73. The lowest BCUT2D eigenvalue weighted by Gasteiger charge is -2.28. The maximum atomic E-state index is 12.1. The van der Waals surface area contributed by atoms with Crippen molar-refractivity contribution in [3.05, 3.63) is 5.82 Å². The highest BCUT2D eigenvalue weighted by molar-refractivity contribution is 5.81. The van der Waals surface area contributed by atoms with E-state index in [1.54, 1.807) is 7.05 Å². The Balaban J connectivity index is 2.10. The molecular formula is C12H22N6O. The minimum Gasteiger partial charge on any atom is -0.355 e. The topological polar surface area (TPSA) is 75.9 Å². The van der Waals surface area contributed by atoms with Crippen LogP contribution in [0.15, 0.2) is 0 Å². The van der Waals surface area contributed by atoms with Crippen molar-refractivity contribution in [2.75, 3.05) is 13.1 Å². The summed E-state index contributed by atoms with van der Waals surface area (Å²) in [5.74, 6) is 1.27. The van der Waals surface area contributed by atoms with Crippen LogP contribution in [0.1, 0.15) is 32.5 Å². The first-order chi connectivity index (χ1) is 9.06. The van der Waals surface area contributed by atoms with Gasteiger partial charge in [0, 0.05) is 13.1 Å². The Hall–Kier alpha value is -1.50. The minimum atomic E-state index is -0.0914. The Morgan fingerprint density at radius 2 is 2.26 bits per heavy atom. The molecule has 7 heteroatoms. The second-order valence-corrected chi connectivity index (χ2v) is 5.46. The van der Waals surface area contributed by atoms with Gasteiger partial charge in [-0.3, -0.25) is 9.69 Å². The molecule has 1 saturated heterocycles. The van der Waals surface area contributed by atoms with E-state index in [4.69, 9.17) is 0 Å². The van der Waals surface area contributed by atoms with Gasteiger partial charge in [-0.15, -0.1) is 10.2 Å². The average Bonchev–Trinajstić information content (AvgIpc) is 2.67. The number of aromatic nitrogens is 4. The minimum absolute atomic E-state index is 0.0914. The molecule has 1 fully saturated rings. The summed E-state index contributed by atoms with van der Waals surface area (Å²) < 4.78 is 0. The number of hydrogen-bond acceptors (Lipinski definition) is 5. The first kappa shape index (κ1) is 13.9. The highest BCUT2D eigenvalue weighted by Crippen LogP contribution is 2.16. The molecule has 0 aliphatic carbocycles. The fourth-order valence-electron chi connectivity index (χ4n) is 2.39.